The molecule has 98 valence electrons. The molecule has 0 radical (unpaired) electrons. The van der Waals surface area contributed by atoms with Crippen molar-refractivity contribution in [2.45, 2.75) is 45.2 Å². The van der Waals surface area contributed by atoms with E-state index >= 15 is 0 Å². The van der Waals surface area contributed by atoms with E-state index in [1.165, 1.54) is 6.42 Å². The Morgan fingerprint density at radius 2 is 1.94 bits per heavy atom. The van der Waals surface area contributed by atoms with E-state index in [0.717, 1.165) is 18.5 Å². The highest BCUT2D eigenvalue weighted by molar-refractivity contribution is 5.90. The molecule has 1 heterocycles. The molecule has 1 aliphatic rings. The van der Waals surface area contributed by atoms with Crippen molar-refractivity contribution in [3.05, 3.63) is 23.8 Å². The van der Waals surface area contributed by atoms with E-state index in [1.54, 1.807) is 18.2 Å². The van der Waals surface area contributed by atoms with Crippen molar-refractivity contribution in [3.63, 3.8) is 0 Å². The number of nitrogen functional groups attached to an aromatic ring is 1. The Bertz CT molecular complexity index is 449. The molecule has 0 bridgehead atoms. The summed E-state index contributed by atoms with van der Waals surface area (Å²) in [5.74, 6) is -0.909. The second-order valence-electron chi connectivity index (χ2n) is 5.11. The van der Waals surface area contributed by atoms with Gasteiger partial charge >= 0.3 is 5.97 Å². The lowest BCUT2D eigenvalue weighted by Crippen LogP contribution is -2.44. The molecule has 0 amide bonds. The molecule has 1 aromatic carbocycles. The minimum atomic E-state index is -0.909. The first-order valence-corrected chi connectivity index (χ1v) is 6.42. The Hall–Kier alpha value is -1.71. The number of rotatable bonds is 2. The first-order valence-electron chi connectivity index (χ1n) is 6.42. The third kappa shape index (κ3) is 2.28. The van der Waals surface area contributed by atoms with E-state index in [2.05, 4.69) is 18.7 Å². The fourth-order valence-corrected chi connectivity index (χ4v) is 2.80. The monoisotopic (exact) mass is 248 g/mol. The zero-order chi connectivity index (χ0) is 13.3. The molecule has 4 heteroatoms. The van der Waals surface area contributed by atoms with Crippen molar-refractivity contribution in [2.75, 3.05) is 10.6 Å². The highest BCUT2D eigenvalue weighted by atomic mass is 16.4. The molecular formula is C14H20N2O2. The number of hydrogen-bond acceptors (Lipinski definition) is 3. The average Bonchev–Trinajstić information content (AvgIpc) is 2.30. The van der Waals surface area contributed by atoms with E-state index in [0.29, 0.717) is 23.3 Å². The van der Waals surface area contributed by atoms with Crippen LogP contribution in [0.5, 0.6) is 0 Å². The molecule has 0 unspecified atom stereocenters. The quantitative estimate of drug-likeness (QED) is 0.790. The van der Waals surface area contributed by atoms with Gasteiger partial charge in [-0.3, -0.25) is 0 Å². The number of nitrogens with two attached hydrogens (primary N) is 1. The van der Waals surface area contributed by atoms with Gasteiger partial charge in [0.2, 0.25) is 0 Å². The second kappa shape index (κ2) is 4.88. The number of carboxylic acids is 1. The molecule has 2 rings (SSSR count). The maximum Gasteiger partial charge on any atom is 0.335 e. The van der Waals surface area contributed by atoms with Gasteiger partial charge in [0.25, 0.3) is 0 Å². The van der Waals surface area contributed by atoms with Crippen LogP contribution in [0.1, 0.15) is 43.5 Å². The van der Waals surface area contributed by atoms with Gasteiger partial charge in [0, 0.05) is 12.1 Å². The van der Waals surface area contributed by atoms with Crippen LogP contribution in [0.25, 0.3) is 0 Å². The van der Waals surface area contributed by atoms with E-state index in [4.69, 9.17) is 10.8 Å². The van der Waals surface area contributed by atoms with Gasteiger partial charge in [0.1, 0.15) is 0 Å². The van der Waals surface area contributed by atoms with Crippen molar-refractivity contribution < 1.29 is 9.90 Å². The molecular weight excluding hydrogens is 228 g/mol. The zero-order valence-electron chi connectivity index (χ0n) is 10.9. The largest absolute Gasteiger partial charge is 0.478 e. The smallest absolute Gasteiger partial charge is 0.335 e. The molecule has 3 N–H and O–H groups in total. The van der Waals surface area contributed by atoms with Gasteiger partial charge < -0.3 is 15.7 Å². The number of piperidine rings is 1. The van der Waals surface area contributed by atoms with Crippen LogP contribution >= 0.6 is 0 Å². The van der Waals surface area contributed by atoms with Gasteiger partial charge in [0.05, 0.1) is 16.9 Å². The Kier molecular flexibility index (Phi) is 3.45. The summed E-state index contributed by atoms with van der Waals surface area (Å²) in [4.78, 5) is 13.3. The van der Waals surface area contributed by atoms with E-state index in [-0.39, 0.29) is 0 Å². The highest BCUT2D eigenvalue weighted by Gasteiger charge is 2.26. The lowest BCUT2D eigenvalue weighted by atomic mass is 9.96. The zero-order valence-corrected chi connectivity index (χ0v) is 10.9. The minimum absolute atomic E-state index is 0.296. The Labute approximate surface area is 107 Å². The molecule has 2 atom stereocenters. The van der Waals surface area contributed by atoms with Crippen LogP contribution < -0.4 is 10.6 Å². The number of carboxylic acid groups (broad SMARTS) is 1. The summed E-state index contributed by atoms with van der Waals surface area (Å²) in [6.45, 7) is 4.34. The molecule has 1 aliphatic heterocycles. The molecule has 1 fully saturated rings. The molecule has 0 aromatic heterocycles. The summed E-state index contributed by atoms with van der Waals surface area (Å²) in [5, 5.41) is 9.07. The Morgan fingerprint density at radius 3 is 2.50 bits per heavy atom. The fourth-order valence-electron chi connectivity index (χ4n) is 2.80. The van der Waals surface area contributed by atoms with Crippen molar-refractivity contribution in [1.82, 2.24) is 0 Å². The molecule has 0 aliphatic carbocycles. The minimum Gasteiger partial charge on any atom is -0.478 e. The second-order valence-corrected chi connectivity index (χ2v) is 5.11. The van der Waals surface area contributed by atoms with Gasteiger partial charge in [-0.1, -0.05) is 0 Å². The van der Waals surface area contributed by atoms with E-state index in [9.17, 15) is 4.79 Å². The summed E-state index contributed by atoms with van der Waals surface area (Å²) in [6, 6.07) is 5.74. The van der Waals surface area contributed by atoms with Crippen LogP contribution in [-0.2, 0) is 0 Å². The van der Waals surface area contributed by atoms with Crippen LogP contribution in [-0.4, -0.2) is 23.2 Å². The topological polar surface area (TPSA) is 66.6 Å². The van der Waals surface area contributed by atoms with Crippen molar-refractivity contribution in [2.24, 2.45) is 0 Å². The summed E-state index contributed by atoms with van der Waals surface area (Å²) in [6.07, 6.45) is 3.47. The van der Waals surface area contributed by atoms with Crippen LogP contribution in [0.2, 0.25) is 0 Å². The third-order valence-corrected chi connectivity index (χ3v) is 3.75. The van der Waals surface area contributed by atoms with Crippen molar-refractivity contribution in [3.8, 4) is 0 Å². The predicted molar refractivity (Wildman–Crippen MR) is 73.1 cm³/mol. The molecule has 0 spiro atoms. The fraction of sp³-hybridized carbons (Fsp3) is 0.500. The van der Waals surface area contributed by atoms with Gasteiger partial charge in [-0.15, -0.1) is 0 Å². The van der Waals surface area contributed by atoms with E-state index in [1.807, 2.05) is 0 Å². The predicted octanol–water partition coefficient (Wildman–Crippen LogP) is 2.73. The van der Waals surface area contributed by atoms with E-state index < -0.39 is 5.97 Å². The van der Waals surface area contributed by atoms with Crippen LogP contribution in [0, 0.1) is 0 Å². The summed E-state index contributed by atoms with van der Waals surface area (Å²) < 4.78 is 0. The SMILES string of the molecule is C[C@@H]1CCC[C@H](C)N1c1cc(C(=O)O)ccc1N. The molecule has 1 aromatic rings. The summed E-state index contributed by atoms with van der Waals surface area (Å²) in [7, 11) is 0. The lowest BCUT2D eigenvalue weighted by Gasteiger charge is -2.41. The number of benzene rings is 1. The van der Waals surface area contributed by atoms with Crippen molar-refractivity contribution in [1.29, 1.82) is 0 Å². The molecule has 1 saturated heterocycles. The van der Waals surface area contributed by atoms with Gasteiger partial charge in [-0.05, 0) is 51.3 Å². The maximum absolute atomic E-state index is 11.1. The summed E-state index contributed by atoms with van der Waals surface area (Å²) in [5.41, 5.74) is 7.82. The Balaban J connectivity index is 2.41. The van der Waals surface area contributed by atoms with Gasteiger partial charge in [-0.25, -0.2) is 4.79 Å². The summed E-state index contributed by atoms with van der Waals surface area (Å²) >= 11 is 0. The van der Waals surface area contributed by atoms with Crippen LogP contribution in [0.15, 0.2) is 18.2 Å². The van der Waals surface area contributed by atoms with Crippen molar-refractivity contribution >= 4 is 17.3 Å². The third-order valence-electron chi connectivity index (χ3n) is 3.75. The van der Waals surface area contributed by atoms with Crippen LogP contribution in [0.3, 0.4) is 0 Å². The number of aromatic carboxylic acids is 1. The Morgan fingerprint density at radius 1 is 1.33 bits per heavy atom. The number of carbonyl (C=O) groups is 1. The van der Waals surface area contributed by atoms with Crippen LogP contribution in [0.4, 0.5) is 11.4 Å². The highest BCUT2D eigenvalue weighted by Crippen LogP contribution is 2.33. The lowest BCUT2D eigenvalue weighted by molar-refractivity contribution is 0.0697. The standard InChI is InChI=1S/C14H20N2O2/c1-9-4-3-5-10(2)16(9)13-8-11(14(17)18)6-7-12(13)15/h6-10H,3-5,15H2,1-2H3,(H,17,18)/t9-,10+. The number of hydrogen-bond donors (Lipinski definition) is 2. The average molecular weight is 248 g/mol. The normalized spacial score (nSPS) is 24.0. The first kappa shape index (κ1) is 12.7. The molecule has 0 saturated carbocycles. The first-order chi connectivity index (χ1) is 8.50. The van der Waals surface area contributed by atoms with Gasteiger partial charge in [-0.2, -0.15) is 0 Å². The number of anilines is 2. The van der Waals surface area contributed by atoms with Gasteiger partial charge in [0.15, 0.2) is 0 Å². The molecule has 4 nitrogen and oxygen atoms in total. The number of nitrogens with zero attached hydrogens (tertiary/aromatic N) is 1. The molecule has 18 heavy (non-hydrogen) atoms. The maximum atomic E-state index is 11.1.